The molecule has 96 valence electrons. The third kappa shape index (κ3) is 3.60. The molecule has 0 aliphatic heterocycles. The summed E-state index contributed by atoms with van der Waals surface area (Å²) in [7, 11) is 0. The van der Waals surface area contributed by atoms with E-state index in [2.05, 4.69) is 49.6 Å². The molecule has 1 N–H and O–H groups in total. The lowest BCUT2D eigenvalue weighted by Crippen LogP contribution is -2.15. The van der Waals surface area contributed by atoms with E-state index < -0.39 is 0 Å². The van der Waals surface area contributed by atoms with Crippen LogP contribution in [0.25, 0.3) is 10.7 Å². The summed E-state index contributed by atoms with van der Waals surface area (Å²) in [6.07, 6.45) is 1.13. The summed E-state index contributed by atoms with van der Waals surface area (Å²) < 4.78 is 1.08. The fourth-order valence-electron chi connectivity index (χ4n) is 1.66. The molecule has 18 heavy (non-hydrogen) atoms. The largest absolute Gasteiger partial charge is 0.311 e. The SMILES string of the molecule is CCCNCc1cc(C)nc(-c2cc(Br)cs2)n1. The van der Waals surface area contributed by atoms with Crippen LogP contribution >= 0.6 is 27.3 Å². The summed E-state index contributed by atoms with van der Waals surface area (Å²) in [5.74, 6) is 0.819. The Kier molecular flexibility index (Phi) is 4.86. The van der Waals surface area contributed by atoms with E-state index in [1.165, 1.54) is 0 Å². The van der Waals surface area contributed by atoms with Crippen LogP contribution in [0.1, 0.15) is 24.7 Å². The van der Waals surface area contributed by atoms with Crippen LogP contribution in [0.4, 0.5) is 0 Å². The van der Waals surface area contributed by atoms with Gasteiger partial charge in [-0.1, -0.05) is 6.92 Å². The van der Waals surface area contributed by atoms with Gasteiger partial charge in [0.1, 0.15) is 0 Å². The second-order valence-electron chi connectivity index (χ2n) is 4.13. The van der Waals surface area contributed by atoms with E-state index in [1.54, 1.807) is 11.3 Å². The van der Waals surface area contributed by atoms with Gasteiger partial charge in [-0.25, -0.2) is 9.97 Å². The molecule has 2 aromatic rings. The Bertz CT molecular complexity index is 525. The number of aromatic nitrogens is 2. The Morgan fingerprint density at radius 3 is 2.83 bits per heavy atom. The first-order chi connectivity index (χ1) is 8.69. The van der Waals surface area contributed by atoms with Crippen molar-refractivity contribution in [2.45, 2.75) is 26.8 Å². The van der Waals surface area contributed by atoms with Gasteiger partial charge in [-0.05, 0) is 48.0 Å². The Hall–Kier alpha value is -0.780. The maximum Gasteiger partial charge on any atom is 0.169 e. The molecule has 2 aromatic heterocycles. The Morgan fingerprint density at radius 1 is 1.33 bits per heavy atom. The van der Waals surface area contributed by atoms with Crippen LogP contribution in [-0.2, 0) is 6.54 Å². The molecule has 0 spiro atoms. The van der Waals surface area contributed by atoms with E-state index in [0.29, 0.717) is 0 Å². The van der Waals surface area contributed by atoms with Gasteiger partial charge in [0, 0.05) is 22.1 Å². The molecule has 0 bridgehead atoms. The summed E-state index contributed by atoms with van der Waals surface area (Å²) in [5.41, 5.74) is 2.06. The highest BCUT2D eigenvalue weighted by atomic mass is 79.9. The third-order valence-electron chi connectivity index (χ3n) is 2.43. The minimum Gasteiger partial charge on any atom is -0.311 e. The molecule has 2 rings (SSSR count). The fraction of sp³-hybridized carbons (Fsp3) is 0.385. The maximum atomic E-state index is 4.60. The van der Waals surface area contributed by atoms with Crippen molar-refractivity contribution in [3.05, 3.63) is 33.4 Å². The van der Waals surface area contributed by atoms with Gasteiger partial charge in [-0.2, -0.15) is 0 Å². The first-order valence-electron chi connectivity index (χ1n) is 5.98. The van der Waals surface area contributed by atoms with Crippen molar-refractivity contribution in [3.63, 3.8) is 0 Å². The van der Waals surface area contributed by atoms with Crippen LogP contribution in [0.3, 0.4) is 0 Å². The second kappa shape index (κ2) is 6.41. The minimum atomic E-state index is 0.802. The first-order valence-corrected chi connectivity index (χ1v) is 7.66. The highest BCUT2D eigenvalue weighted by Crippen LogP contribution is 2.27. The molecule has 0 aliphatic carbocycles. The average molecular weight is 326 g/mol. The van der Waals surface area contributed by atoms with Gasteiger partial charge >= 0.3 is 0 Å². The molecule has 0 saturated heterocycles. The molecule has 0 fully saturated rings. The summed E-state index contributed by atoms with van der Waals surface area (Å²) >= 11 is 5.12. The second-order valence-corrected chi connectivity index (χ2v) is 5.96. The van der Waals surface area contributed by atoms with Crippen LogP contribution in [0, 0.1) is 6.92 Å². The van der Waals surface area contributed by atoms with Gasteiger partial charge in [0.2, 0.25) is 0 Å². The summed E-state index contributed by atoms with van der Waals surface area (Å²) in [6, 6.07) is 4.09. The number of aryl methyl sites for hydroxylation is 1. The molecule has 0 amide bonds. The van der Waals surface area contributed by atoms with E-state index >= 15 is 0 Å². The number of rotatable bonds is 5. The number of hydrogen-bond donors (Lipinski definition) is 1. The molecular weight excluding hydrogens is 310 g/mol. The van der Waals surface area contributed by atoms with E-state index in [1.807, 2.05) is 13.0 Å². The normalized spacial score (nSPS) is 10.8. The van der Waals surface area contributed by atoms with E-state index in [0.717, 1.165) is 46.1 Å². The van der Waals surface area contributed by atoms with Crippen LogP contribution < -0.4 is 5.32 Å². The first kappa shape index (κ1) is 13.6. The third-order valence-corrected chi connectivity index (χ3v) is 4.12. The van der Waals surface area contributed by atoms with Crippen molar-refractivity contribution in [3.8, 4) is 10.7 Å². The lowest BCUT2D eigenvalue weighted by atomic mass is 10.3. The predicted molar refractivity (Wildman–Crippen MR) is 79.8 cm³/mol. The molecule has 0 radical (unpaired) electrons. The highest BCUT2D eigenvalue weighted by molar-refractivity contribution is 9.10. The topological polar surface area (TPSA) is 37.8 Å². The fourth-order valence-corrected chi connectivity index (χ4v) is 3.02. The maximum absolute atomic E-state index is 4.60. The number of nitrogens with zero attached hydrogens (tertiary/aromatic N) is 2. The Labute approximate surface area is 120 Å². The summed E-state index contributed by atoms with van der Waals surface area (Å²) in [6.45, 7) is 5.99. The van der Waals surface area contributed by atoms with Gasteiger partial charge in [-0.15, -0.1) is 11.3 Å². The number of nitrogens with one attached hydrogen (secondary N) is 1. The van der Waals surface area contributed by atoms with Crippen molar-refractivity contribution in [2.75, 3.05) is 6.54 Å². The van der Waals surface area contributed by atoms with Gasteiger partial charge in [0.25, 0.3) is 0 Å². The smallest absolute Gasteiger partial charge is 0.169 e. The van der Waals surface area contributed by atoms with Gasteiger partial charge < -0.3 is 5.32 Å². The van der Waals surface area contributed by atoms with Gasteiger partial charge in [0.15, 0.2) is 5.82 Å². The van der Waals surface area contributed by atoms with Crippen LogP contribution in [0.5, 0.6) is 0 Å². The zero-order valence-electron chi connectivity index (χ0n) is 10.5. The molecule has 5 heteroatoms. The molecule has 0 atom stereocenters. The molecule has 0 unspecified atom stereocenters. The quantitative estimate of drug-likeness (QED) is 0.850. The Morgan fingerprint density at radius 2 is 2.17 bits per heavy atom. The minimum absolute atomic E-state index is 0.802. The zero-order valence-corrected chi connectivity index (χ0v) is 12.9. The lowest BCUT2D eigenvalue weighted by molar-refractivity contribution is 0.663. The average Bonchev–Trinajstić information content (AvgIpc) is 2.76. The van der Waals surface area contributed by atoms with Crippen molar-refractivity contribution in [2.24, 2.45) is 0 Å². The van der Waals surface area contributed by atoms with E-state index in [9.17, 15) is 0 Å². The predicted octanol–water partition coefficient (Wildman–Crippen LogP) is 3.78. The van der Waals surface area contributed by atoms with Crippen LogP contribution in [-0.4, -0.2) is 16.5 Å². The lowest BCUT2D eigenvalue weighted by Gasteiger charge is -2.05. The van der Waals surface area contributed by atoms with Crippen molar-refractivity contribution in [1.82, 2.24) is 15.3 Å². The van der Waals surface area contributed by atoms with Crippen LogP contribution in [0.2, 0.25) is 0 Å². The molecule has 0 aromatic carbocycles. The number of hydrogen-bond acceptors (Lipinski definition) is 4. The van der Waals surface area contributed by atoms with E-state index in [-0.39, 0.29) is 0 Å². The van der Waals surface area contributed by atoms with Crippen molar-refractivity contribution in [1.29, 1.82) is 0 Å². The monoisotopic (exact) mass is 325 g/mol. The summed E-state index contributed by atoms with van der Waals surface area (Å²) in [4.78, 5) is 10.2. The van der Waals surface area contributed by atoms with Gasteiger partial charge in [-0.3, -0.25) is 0 Å². The molecule has 0 aliphatic rings. The molecule has 0 saturated carbocycles. The Balaban J connectivity index is 2.21. The molecular formula is C13H16BrN3S. The number of halogens is 1. The van der Waals surface area contributed by atoms with E-state index in [4.69, 9.17) is 0 Å². The summed E-state index contributed by atoms with van der Waals surface area (Å²) in [5, 5.41) is 5.42. The standard InChI is InChI=1S/C13H16BrN3S/c1-3-4-15-7-11-5-9(2)16-13(17-11)12-6-10(14)8-18-12/h5-6,8,15H,3-4,7H2,1-2H3. The van der Waals surface area contributed by atoms with Crippen molar-refractivity contribution >= 4 is 27.3 Å². The van der Waals surface area contributed by atoms with Crippen molar-refractivity contribution < 1.29 is 0 Å². The molecule has 3 nitrogen and oxygen atoms in total. The van der Waals surface area contributed by atoms with Crippen LogP contribution in [0.15, 0.2) is 22.0 Å². The highest BCUT2D eigenvalue weighted by Gasteiger charge is 2.07. The van der Waals surface area contributed by atoms with Gasteiger partial charge in [0.05, 0.1) is 10.6 Å². The molecule has 2 heterocycles. The number of thiophene rings is 1. The zero-order chi connectivity index (χ0) is 13.0.